The predicted molar refractivity (Wildman–Crippen MR) is 96.0 cm³/mol. The molecule has 0 amide bonds. The second kappa shape index (κ2) is 6.43. The Morgan fingerprint density at radius 3 is 2.84 bits per heavy atom. The van der Waals surface area contributed by atoms with Crippen LogP contribution < -0.4 is 10.2 Å². The van der Waals surface area contributed by atoms with Crippen molar-refractivity contribution in [1.82, 2.24) is 33.7 Å². The lowest BCUT2D eigenvalue weighted by molar-refractivity contribution is 0.351. The van der Waals surface area contributed by atoms with Crippen LogP contribution in [0.2, 0.25) is 0 Å². The molecule has 4 rings (SSSR count). The minimum atomic E-state index is 0.418. The fourth-order valence-electron chi connectivity index (χ4n) is 2.99. The maximum atomic E-state index is 4.47. The lowest BCUT2D eigenvalue weighted by Crippen LogP contribution is -2.35. The van der Waals surface area contributed by atoms with Crippen LogP contribution in [0.25, 0.3) is 0 Å². The van der Waals surface area contributed by atoms with Crippen molar-refractivity contribution in [3.05, 3.63) is 30.4 Å². The molecule has 132 valence electrons. The van der Waals surface area contributed by atoms with Crippen molar-refractivity contribution in [3.8, 4) is 0 Å². The molecule has 0 atom stereocenters. The van der Waals surface area contributed by atoms with E-state index in [0.717, 1.165) is 35.6 Å². The van der Waals surface area contributed by atoms with E-state index in [-0.39, 0.29) is 0 Å². The molecule has 25 heavy (non-hydrogen) atoms. The van der Waals surface area contributed by atoms with Gasteiger partial charge in [0.15, 0.2) is 5.82 Å². The molecular weight excluding hydrogens is 338 g/mol. The summed E-state index contributed by atoms with van der Waals surface area (Å²) in [6.45, 7) is 0.690. The van der Waals surface area contributed by atoms with Gasteiger partial charge in [0.1, 0.15) is 5.82 Å². The topological polar surface area (TPSA) is 89.6 Å². The Hall–Kier alpha value is -2.49. The molecule has 3 aromatic heterocycles. The average molecular weight is 359 g/mol. The van der Waals surface area contributed by atoms with Gasteiger partial charge < -0.3 is 19.4 Å². The predicted octanol–water partition coefficient (Wildman–Crippen LogP) is 1.34. The third-order valence-corrected chi connectivity index (χ3v) is 5.16. The number of aromatic nitrogens is 7. The van der Waals surface area contributed by atoms with Crippen molar-refractivity contribution in [1.29, 1.82) is 0 Å². The van der Waals surface area contributed by atoms with Gasteiger partial charge >= 0.3 is 0 Å². The van der Waals surface area contributed by atoms with Gasteiger partial charge in [0, 0.05) is 57.0 Å². The maximum Gasteiger partial charge on any atom is 0.238 e. The molecule has 10 heteroatoms. The van der Waals surface area contributed by atoms with Gasteiger partial charge in [0.05, 0.1) is 12.9 Å². The van der Waals surface area contributed by atoms with Gasteiger partial charge in [-0.2, -0.15) is 9.36 Å². The van der Waals surface area contributed by atoms with Crippen molar-refractivity contribution in [2.75, 3.05) is 24.3 Å². The van der Waals surface area contributed by atoms with Crippen molar-refractivity contribution in [2.45, 2.75) is 31.3 Å². The molecular formula is C15H21N9S. The highest BCUT2D eigenvalue weighted by Crippen LogP contribution is 2.38. The summed E-state index contributed by atoms with van der Waals surface area (Å²) in [4.78, 5) is 10.4. The molecule has 1 aliphatic rings. The second-order valence-corrected chi connectivity index (χ2v) is 7.32. The van der Waals surface area contributed by atoms with E-state index < -0.39 is 0 Å². The molecule has 0 spiro atoms. The fraction of sp³-hybridized carbons (Fsp3) is 0.533. The molecule has 3 aromatic rings. The third-order valence-electron chi connectivity index (χ3n) is 4.53. The normalized spacial score (nSPS) is 19.6. The zero-order valence-electron chi connectivity index (χ0n) is 14.5. The molecule has 1 fully saturated rings. The lowest BCUT2D eigenvalue weighted by Gasteiger charge is -2.34. The highest BCUT2D eigenvalue weighted by molar-refractivity contribution is 7.09. The quantitative estimate of drug-likeness (QED) is 0.710. The Morgan fingerprint density at radius 1 is 1.32 bits per heavy atom. The first kappa shape index (κ1) is 16.0. The Balaban J connectivity index is 1.35. The summed E-state index contributed by atoms with van der Waals surface area (Å²) in [7, 11) is 5.93. The lowest BCUT2D eigenvalue weighted by atomic mass is 9.80. The van der Waals surface area contributed by atoms with Gasteiger partial charge in [0.25, 0.3) is 0 Å². The summed E-state index contributed by atoms with van der Waals surface area (Å²) in [5.41, 5.74) is 0. The van der Waals surface area contributed by atoms with Crippen LogP contribution in [0, 0.1) is 0 Å². The van der Waals surface area contributed by atoms with Gasteiger partial charge in [-0.25, -0.2) is 4.98 Å². The number of imidazole rings is 1. The molecule has 9 nitrogen and oxygen atoms in total. The second-order valence-electron chi connectivity index (χ2n) is 6.57. The van der Waals surface area contributed by atoms with E-state index >= 15 is 0 Å². The van der Waals surface area contributed by atoms with Crippen LogP contribution in [0.15, 0.2) is 18.7 Å². The molecule has 0 bridgehead atoms. The molecule has 0 radical (unpaired) electrons. The summed E-state index contributed by atoms with van der Waals surface area (Å²) in [5, 5.41) is 13.1. The van der Waals surface area contributed by atoms with Crippen molar-refractivity contribution < 1.29 is 0 Å². The van der Waals surface area contributed by atoms with Crippen molar-refractivity contribution >= 4 is 22.6 Å². The first-order valence-electron chi connectivity index (χ1n) is 8.21. The number of nitrogens with zero attached hydrogens (tertiary/aromatic N) is 8. The number of anilines is 2. The van der Waals surface area contributed by atoms with E-state index in [4.69, 9.17) is 0 Å². The highest BCUT2D eigenvalue weighted by Gasteiger charge is 2.34. The Kier molecular flexibility index (Phi) is 4.12. The number of rotatable bonds is 6. The first-order chi connectivity index (χ1) is 12.1. The Bertz CT molecular complexity index is 829. The summed E-state index contributed by atoms with van der Waals surface area (Å²) >= 11 is 1.41. The minimum Gasteiger partial charge on any atom is -0.357 e. The Labute approximate surface area is 149 Å². The van der Waals surface area contributed by atoms with Gasteiger partial charge in [-0.3, -0.25) is 0 Å². The smallest absolute Gasteiger partial charge is 0.238 e. The Morgan fingerprint density at radius 2 is 2.16 bits per heavy atom. The molecule has 1 saturated carbocycles. The SMILES string of the molecule is CN(C)c1nsc(NC2CC(c3nnc(Cn4ccnc4)n3C)C2)n1. The minimum absolute atomic E-state index is 0.418. The zero-order valence-corrected chi connectivity index (χ0v) is 15.3. The summed E-state index contributed by atoms with van der Waals surface area (Å²) < 4.78 is 8.42. The molecule has 0 aromatic carbocycles. The van der Waals surface area contributed by atoms with Crippen molar-refractivity contribution in [3.63, 3.8) is 0 Å². The van der Waals surface area contributed by atoms with Crippen LogP contribution in [0.5, 0.6) is 0 Å². The third kappa shape index (κ3) is 3.21. The molecule has 0 unspecified atom stereocenters. The van der Waals surface area contributed by atoms with Crippen molar-refractivity contribution in [2.24, 2.45) is 7.05 Å². The van der Waals surface area contributed by atoms with Gasteiger partial charge in [-0.05, 0) is 12.8 Å². The molecule has 0 saturated heterocycles. The number of nitrogens with one attached hydrogen (secondary N) is 1. The van der Waals surface area contributed by atoms with Gasteiger partial charge in [-0.1, -0.05) is 0 Å². The summed E-state index contributed by atoms with van der Waals surface area (Å²) in [6, 6.07) is 0.418. The standard InChI is InChI=1S/C15H21N9S/c1-22(2)14-18-15(25-21-14)17-11-6-10(7-11)13-20-19-12(23(13)3)8-24-5-4-16-9-24/h4-5,9-11H,6-8H2,1-3H3,(H,17,18,21). The highest BCUT2D eigenvalue weighted by atomic mass is 32.1. The first-order valence-corrected chi connectivity index (χ1v) is 8.99. The summed E-state index contributed by atoms with van der Waals surface area (Å²) in [6.07, 6.45) is 7.57. The molecule has 1 aliphatic carbocycles. The van der Waals surface area contributed by atoms with Gasteiger partial charge in [-0.15, -0.1) is 10.2 Å². The van der Waals surface area contributed by atoms with E-state index in [2.05, 4.69) is 34.4 Å². The molecule has 0 aliphatic heterocycles. The molecule has 1 N–H and O–H groups in total. The van der Waals surface area contributed by atoms with Gasteiger partial charge in [0.2, 0.25) is 11.1 Å². The van der Waals surface area contributed by atoms with E-state index in [0.29, 0.717) is 18.5 Å². The van der Waals surface area contributed by atoms with Crippen LogP contribution in [-0.4, -0.2) is 53.8 Å². The largest absolute Gasteiger partial charge is 0.357 e. The number of hydrogen-bond acceptors (Lipinski definition) is 8. The van der Waals surface area contributed by atoms with Crippen LogP contribution in [0.1, 0.15) is 30.4 Å². The average Bonchev–Trinajstić information content (AvgIpc) is 3.27. The van der Waals surface area contributed by atoms with Crippen LogP contribution in [0.3, 0.4) is 0 Å². The van der Waals surface area contributed by atoms with E-state index in [1.54, 1.807) is 12.5 Å². The zero-order chi connectivity index (χ0) is 17.4. The maximum absolute atomic E-state index is 4.47. The van der Waals surface area contributed by atoms with Crippen LogP contribution in [0.4, 0.5) is 11.1 Å². The van der Waals surface area contributed by atoms with E-state index in [9.17, 15) is 0 Å². The van der Waals surface area contributed by atoms with Crippen LogP contribution in [-0.2, 0) is 13.6 Å². The number of hydrogen-bond donors (Lipinski definition) is 1. The fourth-order valence-corrected chi connectivity index (χ4v) is 3.70. The van der Waals surface area contributed by atoms with E-state index in [1.165, 1.54) is 11.5 Å². The monoisotopic (exact) mass is 359 g/mol. The molecule has 3 heterocycles. The van der Waals surface area contributed by atoms with Crippen LogP contribution >= 0.6 is 11.5 Å². The summed E-state index contributed by atoms with van der Waals surface area (Å²) in [5.74, 6) is 3.19. The van der Waals surface area contributed by atoms with E-state index in [1.807, 2.05) is 36.8 Å².